The second-order valence-electron chi connectivity index (χ2n) is 7.88. The van der Waals surface area contributed by atoms with Crippen molar-refractivity contribution in [1.29, 1.82) is 0 Å². The molecule has 0 unspecified atom stereocenters. The maximum absolute atomic E-state index is 13.1. The molecule has 0 aromatic heterocycles. The number of amides is 2. The van der Waals surface area contributed by atoms with Gasteiger partial charge in [-0.05, 0) is 49.1 Å². The SMILES string of the molecule is CCc1ccccc1NC(=O)CN1C(=O)CCSc2ccc(S(=O)(=O)N3CCCC3)cc21. The van der Waals surface area contributed by atoms with Gasteiger partial charge in [-0.3, -0.25) is 9.59 Å². The summed E-state index contributed by atoms with van der Waals surface area (Å²) in [5, 5.41) is 2.90. The number of nitrogens with one attached hydrogen (secondary N) is 1. The molecule has 9 heteroatoms. The van der Waals surface area contributed by atoms with Crippen LogP contribution in [0.4, 0.5) is 11.4 Å². The number of fused-ring (bicyclic) bond motifs is 1. The van der Waals surface area contributed by atoms with Crippen LogP contribution in [0, 0.1) is 0 Å². The first-order valence-corrected chi connectivity index (χ1v) is 13.3. The van der Waals surface area contributed by atoms with Crippen molar-refractivity contribution in [3.05, 3.63) is 48.0 Å². The van der Waals surface area contributed by atoms with Crippen LogP contribution < -0.4 is 10.2 Å². The zero-order valence-electron chi connectivity index (χ0n) is 18.0. The molecule has 1 saturated heterocycles. The van der Waals surface area contributed by atoms with Gasteiger partial charge in [0.25, 0.3) is 0 Å². The van der Waals surface area contributed by atoms with Crippen molar-refractivity contribution in [3.8, 4) is 0 Å². The van der Waals surface area contributed by atoms with Crippen molar-refractivity contribution in [2.45, 2.75) is 42.4 Å². The van der Waals surface area contributed by atoms with E-state index < -0.39 is 10.0 Å². The smallest absolute Gasteiger partial charge is 0.244 e. The third-order valence-electron chi connectivity index (χ3n) is 5.77. The van der Waals surface area contributed by atoms with Crippen LogP contribution in [-0.2, 0) is 26.0 Å². The van der Waals surface area contributed by atoms with Crippen molar-refractivity contribution in [2.75, 3.05) is 35.6 Å². The molecule has 0 aliphatic carbocycles. The van der Waals surface area contributed by atoms with Crippen LogP contribution in [0.25, 0.3) is 0 Å². The summed E-state index contributed by atoms with van der Waals surface area (Å²) in [6.07, 6.45) is 2.76. The van der Waals surface area contributed by atoms with E-state index in [9.17, 15) is 18.0 Å². The van der Waals surface area contributed by atoms with Gasteiger partial charge in [-0.1, -0.05) is 25.1 Å². The Kier molecular flexibility index (Phi) is 6.88. The predicted octanol–water partition coefficient (Wildman–Crippen LogP) is 3.50. The second kappa shape index (κ2) is 9.64. The van der Waals surface area contributed by atoms with Crippen molar-refractivity contribution >= 4 is 45.0 Å². The highest BCUT2D eigenvalue weighted by Gasteiger charge is 2.31. The largest absolute Gasteiger partial charge is 0.324 e. The van der Waals surface area contributed by atoms with E-state index in [0.29, 0.717) is 24.5 Å². The lowest BCUT2D eigenvalue weighted by molar-refractivity contribution is -0.121. The van der Waals surface area contributed by atoms with E-state index in [4.69, 9.17) is 0 Å². The number of hydrogen-bond acceptors (Lipinski definition) is 5. The third-order valence-corrected chi connectivity index (χ3v) is 8.73. The molecular formula is C23H27N3O4S2. The minimum absolute atomic E-state index is 0.162. The molecule has 2 aromatic carbocycles. The minimum Gasteiger partial charge on any atom is -0.324 e. The highest BCUT2D eigenvalue weighted by Crippen LogP contribution is 2.37. The lowest BCUT2D eigenvalue weighted by atomic mass is 10.1. The standard InChI is InChI=1S/C23H27N3O4S2/c1-2-17-7-3-4-8-19(17)24-22(27)16-26-20-15-18(32(29,30)25-12-5-6-13-25)9-10-21(20)31-14-11-23(26)28/h3-4,7-10,15H,2,5-6,11-14,16H2,1H3,(H,24,27). The number of benzene rings is 2. The maximum atomic E-state index is 13.1. The highest BCUT2D eigenvalue weighted by molar-refractivity contribution is 7.99. The maximum Gasteiger partial charge on any atom is 0.244 e. The van der Waals surface area contributed by atoms with Gasteiger partial charge >= 0.3 is 0 Å². The molecule has 2 aromatic rings. The van der Waals surface area contributed by atoms with Crippen molar-refractivity contribution in [2.24, 2.45) is 0 Å². The van der Waals surface area contributed by atoms with Crippen LogP contribution in [0.5, 0.6) is 0 Å². The molecule has 0 radical (unpaired) electrons. The van der Waals surface area contributed by atoms with Gasteiger partial charge in [0, 0.05) is 35.8 Å². The van der Waals surface area contributed by atoms with Crippen LogP contribution in [0.2, 0.25) is 0 Å². The summed E-state index contributed by atoms with van der Waals surface area (Å²) in [5.41, 5.74) is 2.22. The van der Waals surface area contributed by atoms with Gasteiger partial charge in [-0.2, -0.15) is 4.31 Å². The van der Waals surface area contributed by atoms with E-state index in [1.54, 1.807) is 18.2 Å². The first kappa shape index (κ1) is 22.8. The van der Waals surface area contributed by atoms with Crippen LogP contribution in [0.1, 0.15) is 31.7 Å². The zero-order valence-corrected chi connectivity index (χ0v) is 19.7. The monoisotopic (exact) mass is 473 g/mol. The third kappa shape index (κ3) is 4.69. The molecule has 170 valence electrons. The first-order valence-electron chi connectivity index (χ1n) is 10.9. The molecule has 2 amide bonds. The molecule has 2 heterocycles. The molecule has 7 nitrogen and oxygen atoms in total. The second-order valence-corrected chi connectivity index (χ2v) is 11.0. The summed E-state index contributed by atoms with van der Waals surface area (Å²) >= 11 is 1.50. The number of rotatable bonds is 6. The number of para-hydroxylation sites is 1. The molecule has 2 aliphatic rings. The summed E-state index contributed by atoms with van der Waals surface area (Å²) in [6.45, 7) is 2.86. The van der Waals surface area contributed by atoms with Gasteiger partial charge in [-0.25, -0.2) is 8.42 Å². The van der Waals surface area contributed by atoms with Crippen molar-refractivity contribution in [1.82, 2.24) is 4.31 Å². The van der Waals surface area contributed by atoms with Gasteiger partial charge in [0.1, 0.15) is 6.54 Å². The van der Waals surface area contributed by atoms with Crippen LogP contribution in [-0.4, -0.2) is 49.9 Å². The minimum atomic E-state index is -3.63. The number of sulfonamides is 1. The molecule has 2 aliphatic heterocycles. The molecule has 0 bridgehead atoms. The van der Waals surface area contributed by atoms with Crippen LogP contribution >= 0.6 is 11.8 Å². The van der Waals surface area contributed by atoms with E-state index in [1.165, 1.54) is 21.0 Å². The number of hydrogen-bond donors (Lipinski definition) is 1. The summed E-state index contributed by atoms with van der Waals surface area (Å²) in [5.74, 6) is 0.0803. The van der Waals surface area contributed by atoms with Gasteiger partial charge in [-0.15, -0.1) is 11.8 Å². The van der Waals surface area contributed by atoms with Gasteiger partial charge in [0.15, 0.2) is 0 Å². The van der Waals surface area contributed by atoms with Crippen molar-refractivity contribution in [3.63, 3.8) is 0 Å². The average Bonchev–Trinajstić information content (AvgIpc) is 3.29. The molecule has 1 N–H and O–H groups in total. The molecule has 0 spiro atoms. The summed E-state index contributed by atoms with van der Waals surface area (Å²) in [4.78, 5) is 28.1. The number of carbonyl (C=O) groups excluding carboxylic acids is 2. The summed E-state index contributed by atoms with van der Waals surface area (Å²) in [7, 11) is -3.63. The van der Waals surface area contributed by atoms with E-state index in [1.807, 2.05) is 31.2 Å². The molecule has 0 saturated carbocycles. The highest BCUT2D eigenvalue weighted by atomic mass is 32.2. The van der Waals surface area contributed by atoms with E-state index >= 15 is 0 Å². The van der Waals surface area contributed by atoms with Gasteiger partial charge < -0.3 is 10.2 Å². The Hall–Kier alpha value is -2.36. The number of anilines is 2. The zero-order chi connectivity index (χ0) is 22.7. The number of carbonyl (C=O) groups is 2. The normalized spacial score (nSPS) is 17.2. The predicted molar refractivity (Wildman–Crippen MR) is 127 cm³/mol. The van der Waals surface area contributed by atoms with E-state index in [0.717, 1.165) is 35.4 Å². The molecular weight excluding hydrogens is 446 g/mol. The van der Waals surface area contributed by atoms with E-state index in [-0.39, 0.29) is 29.7 Å². The Morgan fingerprint density at radius 3 is 2.62 bits per heavy atom. The molecule has 1 fully saturated rings. The lowest BCUT2D eigenvalue weighted by Gasteiger charge is -2.24. The quantitative estimate of drug-likeness (QED) is 0.694. The number of thioether (sulfide) groups is 1. The molecule has 4 rings (SSSR count). The Morgan fingerprint density at radius 1 is 1.12 bits per heavy atom. The topological polar surface area (TPSA) is 86.8 Å². The average molecular weight is 474 g/mol. The first-order chi connectivity index (χ1) is 15.4. The van der Waals surface area contributed by atoms with Crippen LogP contribution in [0.15, 0.2) is 52.3 Å². The fourth-order valence-corrected chi connectivity index (χ4v) is 6.56. The Morgan fingerprint density at radius 2 is 1.88 bits per heavy atom. The Bertz CT molecular complexity index is 1130. The van der Waals surface area contributed by atoms with Crippen LogP contribution in [0.3, 0.4) is 0 Å². The van der Waals surface area contributed by atoms with E-state index in [2.05, 4.69) is 5.32 Å². The summed E-state index contributed by atoms with van der Waals surface area (Å²) < 4.78 is 27.6. The summed E-state index contributed by atoms with van der Waals surface area (Å²) in [6, 6.07) is 12.5. The van der Waals surface area contributed by atoms with Gasteiger partial charge in [0.2, 0.25) is 21.8 Å². The van der Waals surface area contributed by atoms with Gasteiger partial charge in [0.05, 0.1) is 10.6 Å². The molecule has 32 heavy (non-hydrogen) atoms. The Balaban J connectivity index is 1.63. The fraction of sp³-hybridized carbons (Fsp3) is 0.391. The number of aryl methyl sites for hydroxylation is 1. The molecule has 0 atom stereocenters. The fourth-order valence-electron chi connectivity index (χ4n) is 4.04. The number of nitrogens with zero attached hydrogens (tertiary/aromatic N) is 2. The lowest BCUT2D eigenvalue weighted by Crippen LogP contribution is -2.38. The Labute approximate surface area is 193 Å². The van der Waals surface area contributed by atoms with Crippen molar-refractivity contribution < 1.29 is 18.0 Å².